The molecule has 11 rings (SSSR count). The molecule has 2 aliphatic rings. The van der Waals surface area contributed by atoms with E-state index in [2.05, 4.69) is 114 Å². The summed E-state index contributed by atoms with van der Waals surface area (Å²) in [6.07, 6.45) is 2.05. The highest BCUT2D eigenvalue weighted by Crippen LogP contribution is 2.54. The van der Waals surface area contributed by atoms with Crippen LogP contribution >= 0.6 is 0 Å². The molecule has 4 nitrogen and oxygen atoms in total. The Labute approximate surface area is 288 Å². The van der Waals surface area contributed by atoms with Crippen LogP contribution in [0.2, 0.25) is 0 Å². The lowest BCUT2D eigenvalue weighted by molar-refractivity contribution is 0.736. The maximum absolute atomic E-state index is 9.79. The molecule has 2 heterocycles. The number of nitriles is 1. The largest absolute Gasteiger partial charge is 0.277 e. The minimum Gasteiger partial charge on any atom is -0.277 e. The second-order valence-electron chi connectivity index (χ2n) is 13.5. The predicted octanol–water partition coefficient (Wildman–Crippen LogP) is 11.1. The molecule has 1 unspecified atom stereocenters. The van der Waals surface area contributed by atoms with Gasteiger partial charge in [0.05, 0.1) is 33.9 Å². The van der Waals surface area contributed by atoms with Gasteiger partial charge >= 0.3 is 0 Å². The zero-order valence-corrected chi connectivity index (χ0v) is 27.1. The standard InChI is InChI=1S/C46H28N4/c47-26-27-10-9-12-29(24-27)44-37-18-7-8-19-40(37)48-46(49-44)50-41-23-20-28-11-1-2-13-30(28)42(41)39-25-38-33-16-4-3-14-31(33)34-21-22-36(38)43(45(39)50)35-17-6-5-15-32(34)35/h1-20,23-25,34H,21-22H2. The van der Waals surface area contributed by atoms with Gasteiger partial charge in [-0.05, 0) is 87.3 Å². The Balaban J connectivity index is 1.37. The van der Waals surface area contributed by atoms with Gasteiger partial charge in [-0.2, -0.15) is 5.26 Å². The fourth-order valence-electron chi connectivity index (χ4n) is 8.94. The lowest BCUT2D eigenvalue weighted by Crippen LogP contribution is -2.07. The van der Waals surface area contributed by atoms with Crippen LogP contribution in [-0.2, 0) is 6.42 Å². The highest BCUT2D eigenvalue weighted by Gasteiger charge is 2.34. The summed E-state index contributed by atoms with van der Waals surface area (Å²) in [5.41, 5.74) is 14.9. The number of rotatable bonds is 2. The molecule has 0 radical (unpaired) electrons. The highest BCUT2D eigenvalue weighted by atomic mass is 15.2. The van der Waals surface area contributed by atoms with E-state index in [9.17, 15) is 5.26 Å². The van der Waals surface area contributed by atoms with Gasteiger partial charge in [0.25, 0.3) is 0 Å². The van der Waals surface area contributed by atoms with Gasteiger partial charge < -0.3 is 0 Å². The van der Waals surface area contributed by atoms with Crippen molar-refractivity contribution < 1.29 is 0 Å². The molecule has 9 aromatic rings. The van der Waals surface area contributed by atoms with Crippen LogP contribution in [0.25, 0.3) is 82.9 Å². The second kappa shape index (κ2) is 10.2. The Kier molecular flexibility index (Phi) is 5.60. The molecule has 0 amide bonds. The number of benzene rings is 7. The van der Waals surface area contributed by atoms with Crippen molar-refractivity contribution in [2.24, 2.45) is 0 Å². The molecule has 2 bridgehead atoms. The predicted molar refractivity (Wildman–Crippen MR) is 203 cm³/mol. The van der Waals surface area contributed by atoms with Crippen LogP contribution in [0.4, 0.5) is 0 Å². The highest BCUT2D eigenvalue weighted by molar-refractivity contribution is 6.25. The molecule has 1 atom stereocenters. The number of hydrogen-bond donors (Lipinski definition) is 0. The zero-order chi connectivity index (χ0) is 32.9. The van der Waals surface area contributed by atoms with Crippen molar-refractivity contribution in [1.82, 2.24) is 14.5 Å². The van der Waals surface area contributed by atoms with Crippen molar-refractivity contribution in [3.8, 4) is 45.5 Å². The average molecular weight is 637 g/mol. The monoisotopic (exact) mass is 636 g/mol. The Morgan fingerprint density at radius 2 is 1.40 bits per heavy atom. The maximum atomic E-state index is 9.79. The summed E-state index contributed by atoms with van der Waals surface area (Å²) in [4.78, 5) is 10.8. The third kappa shape index (κ3) is 3.69. The van der Waals surface area contributed by atoms with Gasteiger partial charge in [-0.25, -0.2) is 9.97 Å². The molecule has 0 spiro atoms. The molecule has 0 saturated carbocycles. The number of aromatic nitrogens is 3. The molecular weight excluding hydrogens is 609 g/mol. The summed E-state index contributed by atoms with van der Waals surface area (Å²) in [7, 11) is 0. The van der Waals surface area contributed by atoms with Crippen LogP contribution in [0, 0.1) is 11.3 Å². The van der Waals surface area contributed by atoms with Gasteiger partial charge in [0.1, 0.15) is 0 Å². The van der Waals surface area contributed by atoms with Gasteiger partial charge in [0.15, 0.2) is 0 Å². The van der Waals surface area contributed by atoms with Gasteiger partial charge in [0, 0.05) is 33.2 Å². The summed E-state index contributed by atoms with van der Waals surface area (Å²) < 4.78 is 2.33. The van der Waals surface area contributed by atoms with E-state index in [-0.39, 0.29) is 0 Å². The van der Waals surface area contributed by atoms with Crippen LogP contribution in [0.5, 0.6) is 0 Å². The number of para-hydroxylation sites is 1. The molecule has 0 aliphatic heterocycles. The van der Waals surface area contributed by atoms with E-state index < -0.39 is 0 Å². The summed E-state index contributed by atoms with van der Waals surface area (Å²) in [6, 6.07) is 52.0. The quantitative estimate of drug-likeness (QED) is 0.190. The van der Waals surface area contributed by atoms with E-state index in [4.69, 9.17) is 9.97 Å². The van der Waals surface area contributed by atoms with Crippen molar-refractivity contribution in [2.75, 3.05) is 0 Å². The normalized spacial score (nSPS) is 14.4. The summed E-state index contributed by atoms with van der Waals surface area (Å²) in [6.45, 7) is 0. The average Bonchev–Trinajstić information content (AvgIpc) is 3.29. The van der Waals surface area contributed by atoms with Crippen LogP contribution in [-0.4, -0.2) is 14.5 Å². The lowest BCUT2D eigenvalue weighted by atomic mass is 9.80. The maximum Gasteiger partial charge on any atom is 0.235 e. The molecule has 0 fully saturated rings. The molecule has 2 aliphatic carbocycles. The third-order valence-electron chi connectivity index (χ3n) is 11.0. The minimum absolute atomic E-state index is 0.317. The fourth-order valence-corrected chi connectivity index (χ4v) is 8.94. The van der Waals surface area contributed by atoms with Crippen molar-refractivity contribution >= 4 is 43.5 Å². The molecule has 232 valence electrons. The van der Waals surface area contributed by atoms with Crippen LogP contribution in [0.1, 0.15) is 34.6 Å². The van der Waals surface area contributed by atoms with Gasteiger partial charge in [-0.3, -0.25) is 4.57 Å². The van der Waals surface area contributed by atoms with Crippen molar-refractivity contribution in [3.05, 3.63) is 162 Å². The molecular formula is C46H28N4. The zero-order valence-electron chi connectivity index (χ0n) is 27.1. The second-order valence-corrected chi connectivity index (χ2v) is 13.5. The number of nitrogens with zero attached hydrogens (tertiary/aromatic N) is 4. The van der Waals surface area contributed by atoms with E-state index in [1.165, 1.54) is 60.5 Å². The van der Waals surface area contributed by atoms with Crippen molar-refractivity contribution in [3.63, 3.8) is 0 Å². The van der Waals surface area contributed by atoms with E-state index in [0.717, 1.165) is 46.0 Å². The van der Waals surface area contributed by atoms with Crippen LogP contribution in [0.15, 0.2) is 140 Å². The Bertz CT molecular complexity index is 2960. The summed E-state index contributed by atoms with van der Waals surface area (Å²) >= 11 is 0. The summed E-state index contributed by atoms with van der Waals surface area (Å²) in [5.74, 6) is 0.943. The van der Waals surface area contributed by atoms with Gasteiger partial charge in [0.2, 0.25) is 5.95 Å². The Morgan fingerprint density at radius 1 is 0.640 bits per heavy atom. The smallest absolute Gasteiger partial charge is 0.235 e. The topological polar surface area (TPSA) is 54.5 Å². The molecule has 0 saturated heterocycles. The number of hydrogen-bond acceptors (Lipinski definition) is 3. The number of fused-ring (bicyclic) bond motifs is 15. The van der Waals surface area contributed by atoms with E-state index in [1.807, 2.05) is 36.4 Å². The lowest BCUT2D eigenvalue weighted by Gasteiger charge is -2.24. The minimum atomic E-state index is 0.317. The molecule has 50 heavy (non-hydrogen) atoms. The first kappa shape index (κ1) is 27.4. The molecule has 4 heteroatoms. The molecule has 0 N–H and O–H groups in total. The van der Waals surface area contributed by atoms with Crippen molar-refractivity contribution in [2.45, 2.75) is 18.8 Å². The summed E-state index contributed by atoms with van der Waals surface area (Å²) in [5, 5.41) is 15.6. The van der Waals surface area contributed by atoms with E-state index in [1.54, 1.807) is 0 Å². The Hall–Kier alpha value is -6.57. The first-order valence-corrected chi connectivity index (χ1v) is 17.2. The van der Waals surface area contributed by atoms with Crippen LogP contribution < -0.4 is 0 Å². The first-order chi connectivity index (χ1) is 24.8. The molecule has 7 aromatic carbocycles. The first-order valence-electron chi connectivity index (χ1n) is 17.2. The van der Waals surface area contributed by atoms with Crippen molar-refractivity contribution in [1.29, 1.82) is 5.26 Å². The SMILES string of the molecule is N#Cc1cccc(-c2nc(-n3c4ccc5ccccc5c4c4cc5c6c(c43)-c3ccccc3C(CC6)c3ccccc3-5)nc3ccccc23)c1. The fraction of sp³-hybridized carbons (Fsp3) is 0.0652. The third-order valence-corrected chi connectivity index (χ3v) is 11.0. The van der Waals surface area contributed by atoms with E-state index >= 15 is 0 Å². The van der Waals surface area contributed by atoms with E-state index in [0.29, 0.717) is 17.4 Å². The van der Waals surface area contributed by atoms with Gasteiger partial charge in [-0.1, -0.05) is 109 Å². The Morgan fingerprint density at radius 3 is 2.28 bits per heavy atom. The molecule has 2 aromatic heterocycles. The van der Waals surface area contributed by atoms with Crippen LogP contribution in [0.3, 0.4) is 0 Å². The van der Waals surface area contributed by atoms with Gasteiger partial charge in [-0.15, -0.1) is 0 Å².